The highest BCUT2D eigenvalue weighted by atomic mass is 32.1. The Morgan fingerprint density at radius 3 is 2.43 bits per heavy atom. The van der Waals surface area contributed by atoms with Crippen molar-refractivity contribution in [3.63, 3.8) is 0 Å². The molecule has 2 nitrogen and oxygen atoms in total. The highest BCUT2D eigenvalue weighted by Gasteiger charge is 2.13. The van der Waals surface area contributed by atoms with Gasteiger partial charge >= 0.3 is 5.97 Å². The minimum Gasteiger partial charge on any atom is -0.465 e. The van der Waals surface area contributed by atoms with Gasteiger partial charge in [0, 0.05) is 10.1 Å². The summed E-state index contributed by atoms with van der Waals surface area (Å²) in [6.07, 6.45) is 0. The lowest BCUT2D eigenvalue weighted by Gasteiger charge is -2.06. The zero-order valence-corrected chi connectivity index (χ0v) is 13.1. The van der Waals surface area contributed by atoms with E-state index in [0.717, 1.165) is 15.6 Å². The molecule has 3 rings (SSSR count). The Hall–Kier alpha value is -2.13. The molecule has 3 aromatic rings. The minimum atomic E-state index is -0.275. The van der Waals surface area contributed by atoms with E-state index in [0.29, 0.717) is 4.88 Å². The van der Waals surface area contributed by atoms with Crippen LogP contribution >= 0.6 is 11.3 Å². The number of carbonyl (C=O) groups is 1. The number of carbonyl (C=O) groups excluding carboxylic acids is 1. The molecule has 0 spiro atoms. The molecular formula is C18H16O2S. The average molecular weight is 296 g/mol. The quantitative estimate of drug-likeness (QED) is 0.624. The third-order valence-corrected chi connectivity index (χ3v) is 4.56. The van der Waals surface area contributed by atoms with E-state index in [1.807, 2.05) is 18.2 Å². The van der Waals surface area contributed by atoms with E-state index in [4.69, 9.17) is 4.74 Å². The number of hydrogen-bond acceptors (Lipinski definition) is 3. The molecule has 2 aromatic carbocycles. The number of benzene rings is 2. The summed E-state index contributed by atoms with van der Waals surface area (Å²) in [4.78, 5) is 12.4. The summed E-state index contributed by atoms with van der Waals surface area (Å²) >= 11 is 1.47. The number of fused-ring (bicyclic) bond motifs is 1. The van der Waals surface area contributed by atoms with Gasteiger partial charge in [0.15, 0.2) is 0 Å². The first-order valence-corrected chi connectivity index (χ1v) is 7.59. The van der Waals surface area contributed by atoms with Crippen molar-refractivity contribution >= 4 is 27.4 Å². The molecule has 21 heavy (non-hydrogen) atoms. The number of methoxy groups -OCH3 is 1. The van der Waals surface area contributed by atoms with E-state index in [1.165, 1.54) is 35.1 Å². The van der Waals surface area contributed by atoms with Crippen molar-refractivity contribution < 1.29 is 9.53 Å². The van der Waals surface area contributed by atoms with Crippen LogP contribution in [0.15, 0.2) is 42.5 Å². The maximum Gasteiger partial charge on any atom is 0.348 e. The van der Waals surface area contributed by atoms with Gasteiger partial charge in [-0.1, -0.05) is 41.5 Å². The summed E-state index contributed by atoms with van der Waals surface area (Å²) in [7, 11) is 1.41. The van der Waals surface area contributed by atoms with Gasteiger partial charge in [-0.25, -0.2) is 4.79 Å². The second-order valence-electron chi connectivity index (χ2n) is 5.20. The zero-order valence-electron chi connectivity index (χ0n) is 12.3. The highest BCUT2D eigenvalue weighted by molar-refractivity contribution is 7.20. The second-order valence-corrected chi connectivity index (χ2v) is 6.28. The molecular weight excluding hydrogens is 280 g/mol. The lowest BCUT2D eigenvalue weighted by Crippen LogP contribution is -1.96. The first-order valence-electron chi connectivity index (χ1n) is 6.78. The van der Waals surface area contributed by atoms with Gasteiger partial charge in [-0.05, 0) is 37.1 Å². The van der Waals surface area contributed by atoms with Gasteiger partial charge in [0.1, 0.15) is 4.88 Å². The Balaban J connectivity index is 2.22. The molecule has 0 fully saturated rings. The predicted octanol–water partition coefficient (Wildman–Crippen LogP) is 4.97. The van der Waals surface area contributed by atoms with Crippen molar-refractivity contribution in [2.24, 2.45) is 0 Å². The molecule has 0 aliphatic heterocycles. The summed E-state index contributed by atoms with van der Waals surface area (Å²) < 4.78 is 5.92. The van der Waals surface area contributed by atoms with E-state index in [1.54, 1.807) is 0 Å². The Bertz CT molecular complexity index is 810. The van der Waals surface area contributed by atoms with Crippen molar-refractivity contribution in [1.29, 1.82) is 0 Å². The molecule has 0 atom stereocenters. The molecule has 0 amide bonds. The Kier molecular flexibility index (Phi) is 3.52. The molecule has 0 radical (unpaired) electrons. The number of ether oxygens (including phenoxy) is 1. The van der Waals surface area contributed by atoms with Gasteiger partial charge in [-0.3, -0.25) is 0 Å². The van der Waals surface area contributed by atoms with Crippen LogP contribution in [0.25, 0.3) is 21.2 Å². The average Bonchev–Trinajstić information content (AvgIpc) is 2.89. The molecule has 0 saturated carbocycles. The van der Waals surface area contributed by atoms with Gasteiger partial charge in [0.25, 0.3) is 0 Å². The molecule has 3 heteroatoms. The van der Waals surface area contributed by atoms with Crippen LogP contribution < -0.4 is 0 Å². The van der Waals surface area contributed by atoms with Crippen molar-refractivity contribution in [2.75, 3.05) is 7.11 Å². The summed E-state index contributed by atoms with van der Waals surface area (Å²) in [5, 5.41) is 1.10. The van der Waals surface area contributed by atoms with Crippen LogP contribution in [-0.4, -0.2) is 13.1 Å². The lowest BCUT2D eigenvalue weighted by atomic mass is 9.98. The van der Waals surface area contributed by atoms with Crippen LogP contribution in [-0.2, 0) is 4.74 Å². The lowest BCUT2D eigenvalue weighted by molar-refractivity contribution is 0.0606. The normalized spacial score (nSPS) is 10.8. The van der Waals surface area contributed by atoms with Crippen molar-refractivity contribution in [1.82, 2.24) is 0 Å². The molecule has 0 aliphatic rings. The van der Waals surface area contributed by atoms with E-state index in [2.05, 4.69) is 38.1 Å². The third kappa shape index (κ3) is 2.57. The Morgan fingerprint density at radius 1 is 1.05 bits per heavy atom. The highest BCUT2D eigenvalue weighted by Crippen LogP contribution is 2.35. The van der Waals surface area contributed by atoms with Crippen LogP contribution in [0.5, 0.6) is 0 Å². The summed E-state index contributed by atoms with van der Waals surface area (Å²) in [5.74, 6) is -0.275. The number of hydrogen-bond donors (Lipinski definition) is 0. The van der Waals surface area contributed by atoms with E-state index in [9.17, 15) is 4.79 Å². The van der Waals surface area contributed by atoms with E-state index >= 15 is 0 Å². The van der Waals surface area contributed by atoms with Crippen molar-refractivity contribution in [2.45, 2.75) is 13.8 Å². The van der Waals surface area contributed by atoms with Crippen LogP contribution in [0.2, 0.25) is 0 Å². The number of rotatable bonds is 2. The first-order chi connectivity index (χ1) is 10.1. The monoisotopic (exact) mass is 296 g/mol. The SMILES string of the molecule is COC(=O)c1cc2c(-c3cc(C)cc(C)c3)cccc2s1. The first kappa shape index (κ1) is 13.8. The van der Waals surface area contributed by atoms with Gasteiger partial charge in [-0.15, -0.1) is 11.3 Å². The van der Waals surface area contributed by atoms with Crippen molar-refractivity contribution in [3.8, 4) is 11.1 Å². The summed E-state index contributed by atoms with van der Waals surface area (Å²) in [5.41, 5.74) is 4.83. The zero-order chi connectivity index (χ0) is 15.0. The van der Waals surface area contributed by atoms with Crippen LogP contribution in [0.4, 0.5) is 0 Å². The third-order valence-electron chi connectivity index (χ3n) is 3.48. The fourth-order valence-corrected chi connectivity index (χ4v) is 3.65. The summed E-state index contributed by atoms with van der Waals surface area (Å²) in [6.45, 7) is 4.20. The Morgan fingerprint density at radius 2 is 1.76 bits per heavy atom. The minimum absolute atomic E-state index is 0.275. The molecule has 0 bridgehead atoms. The second kappa shape index (κ2) is 5.34. The molecule has 106 valence electrons. The Labute approximate surface area is 128 Å². The topological polar surface area (TPSA) is 26.3 Å². The smallest absolute Gasteiger partial charge is 0.348 e. The largest absolute Gasteiger partial charge is 0.465 e. The van der Waals surface area contributed by atoms with E-state index in [-0.39, 0.29) is 5.97 Å². The fraction of sp³-hybridized carbons (Fsp3) is 0.167. The summed E-state index contributed by atoms with van der Waals surface area (Å²) in [6, 6.07) is 14.6. The van der Waals surface area contributed by atoms with Crippen LogP contribution in [0.1, 0.15) is 20.8 Å². The number of esters is 1. The molecule has 1 heterocycles. The van der Waals surface area contributed by atoms with Crippen LogP contribution in [0.3, 0.4) is 0 Å². The molecule has 1 aromatic heterocycles. The number of aryl methyl sites for hydroxylation is 2. The van der Waals surface area contributed by atoms with Crippen LogP contribution in [0, 0.1) is 13.8 Å². The van der Waals surface area contributed by atoms with Gasteiger partial charge in [-0.2, -0.15) is 0 Å². The molecule has 0 N–H and O–H groups in total. The van der Waals surface area contributed by atoms with Gasteiger partial charge in [0.2, 0.25) is 0 Å². The van der Waals surface area contributed by atoms with E-state index < -0.39 is 0 Å². The standard InChI is InChI=1S/C18H16O2S/c1-11-7-12(2)9-13(8-11)14-5-4-6-16-15(14)10-17(21-16)18(19)20-3/h4-10H,1-3H3. The maximum atomic E-state index is 11.7. The fourth-order valence-electron chi connectivity index (χ4n) is 2.64. The van der Waals surface area contributed by atoms with Gasteiger partial charge in [0.05, 0.1) is 7.11 Å². The predicted molar refractivity (Wildman–Crippen MR) is 88.1 cm³/mol. The molecule has 0 unspecified atom stereocenters. The van der Waals surface area contributed by atoms with Gasteiger partial charge < -0.3 is 4.74 Å². The van der Waals surface area contributed by atoms with Crippen molar-refractivity contribution in [3.05, 3.63) is 58.5 Å². The molecule has 0 aliphatic carbocycles. The molecule has 0 saturated heterocycles. The number of thiophene rings is 1. The maximum absolute atomic E-state index is 11.7.